The Kier molecular flexibility index (Phi) is 5.09. The van der Waals surface area contributed by atoms with Crippen LogP contribution >= 0.6 is 0 Å². The quantitative estimate of drug-likeness (QED) is 0.801. The van der Waals surface area contributed by atoms with Gasteiger partial charge in [-0.15, -0.1) is 0 Å². The van der Waals surface area contributed by atoms with Crippen molar-refractivity contribution in [2.75, 3.05) is 6.54 Å². The number of nitrogens with two attached hydrogens (primary N) is 1. The molecule has 0 saturated heterocycles. The van der Waals surface area contributed by atoms with E-state index in [0.29, 0.717) is 18.5 Å². The lowest BCUT2D eigenvalue weighted by Crippen LogP contribution is -2.41. The maximum absolute atomic E-state index is 13.5. The number of halogens is 1. The highest BCUT2D eigenvalue weighted by Gasteiger charge is 2.31. The number of rotatable bonds is 6. The second-order valence-corrected chi connectivity index (χ2v) is 4.85. The molecular formula is C14H22FNO. The molecule has 2 nitrogen and oxygen atoms in total. The van der Waals surface area contributed by atoms with E-state index in [1.165, 1.54) is 6.07 Å². The van der Waals surface area contributed by atoms with Crippen molar-refractivity contribution in [2.45, 2.75) is 38.7 Å². The fourth-order valence-electron chi connectivity index (χ4n) is 2.20. The Balaban J connectivity index is 2.81. The first-order chi connectivity index (χ1) is 8.01. The summed E-state index contributed by atoms with van der Waals surface area (Å²) in [6.45, 7) is 4.23. The Morgan fingerprint density at radius 1 is 1.41 bits per heavy atom. The van der Waals surface area contributed by atoms with E-state index >= 15 is 0 Å². The van der Waals surface area contributed by atoms with Gasteiger partial charge in [-0.05, 0) is 37.4 Å². The normalized spacial score (nSPS) is 16.5. The summed E-state index contributed by atoms with van der Waals surface area (Å²) in [5, 5.41) is 10.4. The van der Waals surface area contributed by atoms with Crippen molar-refractivity contribution in [1.82, 2.24) is 0 Å². The van der Waals surface area contributed by atoms with Gasteiger partial charge in [0.25, 0.3) is 0 Å². The van der Waals surface area contributed by atoms with Crippen LogP contribution in [0.25, 0.3) is 0 Å². The molecule has 17 heavy (non-hydrogen) atoms. The third-order valence-corrected chi connectivity index (χ3v) is 3.31. The smallest absolute Gasteiger partial charge is 0.126 e. The Morgan fingerprint density at radius 3 is 2.59 bits per heavy atom. The topological polar surface area (TPSA) is 46.2 Å². The number of benzene rings is 1. The summed E-state index contributed by atoms with van der Waals surface area (Å²) in [5.74, 6) is -0.257. The van der Waals surface area contributed by atoms with E-state index in [4.69, 9.17) is 5.73 Å². The van der Waals surface area contributed by atoms with Crippen LogP contribution in [0.3, 0.4) is 0 Å². The van der Waals surface area contributed by atoms with Crippen molar-refractivity contribution in [3.63, 3.8) is 0 Å². The van der Waals surface area contributed by atoms with Gasteiger partial charge in [0.05, 0.1) is 5.60 Å². The van der Waals surface area contributed by atoms with Crippen LogP contribution in [0.15, 0.2) is 24.3 Å². The van der Waals surface area contributed by atoms with Gasteiger partial charge in [0.1, 0.15) is 5.82 Å². The van der Waals surface area contributed by atoms with E-state index in [9.17, 15) is 9.50 Å². The first-order valence-electron chi connectivity index (χ1n) is 6.17. The predicted octanol–water partition coefficient (Wildman–Crippen LogP) is 2.49. The van der Waals surface area contributed by atoms with Gasteiger partial charge in [-0.2, -0.15) is 0 Å². The molecule has 3 heteroatoms. The third kappa shape index (κ3) is 3.79. The van der Waals surface area contributed by atoms with Crippen LogP contribution in [0.5, 0.6) is 0 Å². The SMILES string of the molecule is CCCC(CN)C(C)(O)Cc1ccccc1F. The first-order valence-corrected chi connectivity index (χ1v) is 6.17. The van der Waals surface area contributed by atoms with E-state index in [1.807, 2.05) is 0 Å². The number of hydrogen-bond acceptors (Lipinski definition) is 2. The Morgan fingerprint density at radius 2 is 2.06 bits per heavy atom. The lowest BCUT2D eigenvalue weighted by atomic mass is 9.81. The van der Waals surface area contributed by atoms with E-state index in [1.54, 1.807) is 25.1 Å². The summed E-state index contributed by atoms with van der Waals surface area (Å²) in [5.41, 5.74) is 5.28. The van der Waals surface area contributed by atoms with Crippen molar-refractivity contribution in [1.29, 1.82) is 0 Å². The van der Waals surface area contributed by atoms with Crippen molar-refractivity contribution < 1.29 is 9.50 Å². The third-order valence-electron chi connectivity index (χ3n) is 3.31. The summed E-state index contributed by atoms with van der Waals surface area (Å²) in [6, 6.07) is 6.57. The Labute approximate surface area is 103 Å². The standard InChI is InChI=1S/C14H22FNO/c1-3-6-12(10-16)14(2,17)9-11-7-4-5-8-13(11)15/h4-5,7-8,12,17H,3,6,9-10,16H2,1-2H3. The summed E-state index contributed by atoms with van der Waals surface area (Å²) in [7, 11) is 0. The molecule has 2 unspecified atom stereocenters. The van der Waals surface area contributed by atoms with Gasteiger partial charge in [-0.3, -0.25) is 0 Å². The molecule has 2 atom stereocenters. The molecule has 0 fully saturated rings. The fraction of sp³-hybridized carbons (Fsp3) is 0.571. The zero-order chi connectivity index (χ0) is 12.9. The van der Waals surface area contributed by atoms with Crippen molar-refractivity contribution in [3.8, 4) is 0 Å². The predicted molar refractivity (Wildman–Crippen MR) is 68.2 cm³/mol. The van der Waals surface area contributed by atoms with Crippen LogP contribution in [0.1, 0.15) is 32.3 Å². The Bertz CT molecular complexity index is 352. The highest BCUT2D eigenvalue weighted by molar-refractivity contribution is 5.19. The molecule has 1 aromatic rings. The van der Waals surface area contributed by atoms with E-state index in [2.05, 4.69) is 6.92 Å². The number of aliphatic hydroxyl groups is 1. The largest absolute Gasteiger partial charge is 0.389 e. The lowest BCUT2D eigenvalue weighted by Gasteiger charge is -2.32. The highest BCUT2D eigenvalue weighted by atomic mass is 19.1. The van der Waals surface area contributed by atoms with Gasteiger partial charge < -0.3 is 10.8 Å². The zero-order valence-corrected chi connectivity index (χ0v) is 10.6. The first kappa shape index (κ1) is 14.1. The van der Waals surface area contributed by atoms with Crippen molar-refractivity contribution in [3.05, 3.63) is 35.6 Å². The monoisotopic (exact) mass is 239 g/mol. The van der Waals surface area contributed by atoms with Crippen LogP contribution in [0, 0.1) is 11.7 Å². The molecule has 0 aliphatic rings. The minimum atomic E-state index is -0.951. The maximum Gasteiger partial charge on any atom is 0.126 e. The molecule has 0 radical (unpaired) electrons. The van der Waals surface area contributed by atoms with Crippen LogP contribution in [-0.4, -0.2) is 17.3 Å². The van der Waals surface area contributed by atoms with Gasteiger partial charge in [0, 0.05) is 6.42 Å². The summed E-state index contributed by atoms with van der Waals surface area (Å²) in [6.07, 6.45) is 2.13. The van der Waals surface area contributed by atoms with Crippen LogP contribution in [0.4, 0.5) is 4.39 Å². The second kappa shape index (κ2) is 6.12. The molecule has 96 valence electrons. The molecule has 0 aliphatic heterocycles. The summed E-state index contributed by atoms with van der Waals surface area (Å²) >= 11 is 0. The minimum Gasteiger partial charge on any atom is -0.389 e. The van der Waals surface area contributed by atoms with Crippen molar-refractivity contribution in [2.24, 2.45) is 11.7 Å². The van der Waals surface area contributed by atoms with E-state index < -0.39 is 5.60 Å². The number of hydrogen-bond donors (Lipinski definition) is 2. The molecule has 3 N–H and O–H groups in total. The maximum atomic E-state index is 13.5. The molecule has 0 spiro atoms. The van der Waals surface area contributed by atoms with Crippen molar-refractivity contribution >= 4 is 0 Å². The second-order valence-electron chi connectivity index (χ2n) is 4.85. The molecular weight excluding hydrogens is 217 g/mol. The van der Waals surface area contributed by atoms with Gasteiger partial charge in [-0.25, -0.2) is 4.39 Å². The van der Waals surface area contributed by atoms with E-state index in [0.717, 1.165) is 12.8 Å². The molecule has 0 bridgehead atoms. The molecule has 1 aromatic carbocycles. The molecule has 1 rings (SSSR count). The van der Waals surface area contributed by atoms with E-state index in [-0.39, 0.29) is 11.7 Å². The summed E-state index contributed by atoms with van der Waals surface area (Å²) < 4.78 is 13.5. The molecule has 0 aromatic heterocycles. The van der Waals surface area contributed by atoms with Crippen LogP contribution in [-0.2, 0) is 6.42 Å². The molecule has 0 amide bonds. The zero-order valence-electron chi connectivity index (χ0n) is 10.6. The average molecular weight is 239 g/mol. The lowest BCUT2D eigenvalue weighted by molar-refractivity contribution is -0.00166. The van der Waals surface area contributed by atoms with Gasteiger partial charge >= 0.3 is 0 Å². The highest BCUT2D eigenvalue weighted by Crippen LogP contribution is 2.26. The van der Waals surface area contributed by atoms with Crippen LogP contribution < -0.4 is 5.73 Å². The van der Waals surface area contributed by atoms with Gasteiger partial charge in [0.15, 0.2) is 0 Å². The van der Waals surface area contributed by atoms with Gasteiger partial charge in [-0.1, -0.05) is 31.5 Å². The summed E-state index contributed by atoms with van der Waals surface area (Å²) in [4.78, 5) is 0. The average Bonchev–Trinajstić information content (AvgIpc) is 2.28. The molecule has 0 heterocycles. The Hall–Kier alpha value is -0.930. The molecule has 0 aliphatic carbocycles. The van der Waals surface area contributed by atoms with Gasteiger partial charge in [0.2, 0.25) is 0 Å². The minimum absolute atomic E-state index is 0.00658. The fourth-order valence-corrected chi connectivity index (χ4v) is 2.20. The molecule has 0 saturated carbocycles. The van der Waals surface area contributed by atoms with Crippen LogP contribution in [0.2, 0.25) is 0 Å².